The molecular weight excluding hydrogens is 997 g/mol. The molecule has 1 unspecified atom stereocenters. The number of allylic oxidation sites excluding steroid dienone is 16. The first-order valence-electron chi connectivity index (χ1n) is 34.7. The number of esters is 3. The van der Waals surface area contributed by atoms with Gasteiger partial charge in [0.2, 0.25) is 0 Å². The predicted octanol–water partition coefficient (Wildman–Crippen LogP) is 24.0. The molecule has 0 aliphatic carbocycles. The number of carbonyl (C=O) groups is 3. The van der Waals surface area contributed by atoms with Crippen LogP contribution in [-0.2, 0) is 28.6 Å². The van der Waals surface area contributed by atoms with Crippen LogP contribution in [0.15, 0.2) is 97.2 Å². The van der Waals surface area contributed by atoms with E-state index >= 15 is 0 Å². The summed E-state index contributed by atoms with van der Waals surface area (Å²) >= 11 is 0. The Balaban J connectivity index is 4.08. The summed E-state index contributed by atoms with van der Waals surface area (Å²) < 4.78 is 16.9. The van der Waals surface area contributed by atoms with Crippen LogP contribution >= 0.6 is 0 Å². The number of hydrogen-bond donors (Lipinski definition) is 0. The molecule has 466 valence electrons. The lowest BCUT2D eigenvalue weighted by atomic mass is 10.0. The second-order valence-corrected chi connectivity index (χ2v) is 23.1. The van der Waals surface area contributed by atoms with Gasteiger partial charge in [0.05, 0.1) is 0 Å². The van der Waals surface area contributed by atoms with Gasteiger partial charge in [-0.15, -0.1) is 0 Å². The third-order valence-corrected chi connectivity index (χ3v) is 15.1. The second-order valence-electron chi connectivity index (χ2n) is 23.1. The quantitative estimate of drug-likeness (QED) is 0.0261. The Labute approximate surface area is 502 Å². The lowest BCUT2D eigenvalue weighted by molar-refractivity contribution is -0.167. The topological polar surface area (TPSA) is 78.9 Å². The van der Waals surface area contributed by atoms with Crippen LogP contribution in [0.5, 0.6) is 0 Å². The largest absolute Gasteiger partial charge is 0.462 e. The molecule has 0 aliphatic heterocycles. The monoisotopic (exact) mass is 1130 g/mol. The standard InChI is InChI=1S/C75H130O6/c1-4-7-10-13-16-18-20-22-24-26-28-30-31-32-33-34-35-36-37-38-39-40-41-42-43-45-46-48-50-52-54-56-59-62-65-68-74(77)80-71-72(70-79-73(76)67-64-61-58-15-12-9-6-3)81-75(78)69-66-63-60-57-55-53-51-49-47-44-29-27-25-23-21-19-17-14-11-8-5-2/h7,10,16,18,22,24,28,30,32-33,35-36,38-39,41-42,72H,4-6,8-9,11-15,17,19-21,23,25-27,29,31,34,37,40,43-71H2,1-3H3/b10-7-,18-16-,24-22-,30-28-,33-32-,36-35-,39-38-,42-41-. The maximum absolute atomic E-state index is 12.9. The molecule has 0 rings (SSSR count). The highest BCUT2D eigenvalue weighted by atomic mass is 16.6. The van der Waals surface area contributed by atoms with Gasteiger partial charge in [-0.25, -0.2) is 0 Å². The Morgan fingerprint density at radius 3 is 0.753 bits per heavy atom. The van der Waals surface area contributed by atoms with Gasteiger partial charge in [0.25, 0.3) is 0 Å². The van der Waals surface area contributed by atoms with E-state index in [4.69, 9.17) is 14.2 Å². The highest BCUT2D eigenvalue weighted by Gasteiger charge is 2.19. The van der Waals surface area contributed by atoms with Crippen molar-refractivity contribution in [3.05, 3.63) is 97.2 Å². The fraction of sp³-hybridized carbons (Fsp3) is 0.747. The molecule has 0 aromatic heterocycles. The van der Waals surface area contributed by atoms with Gasteiger partial charge in [-0.1, -0.05) is 336 Å². The smallest absolute Gasteiger partial charge is 0.306 e. The molecule has 6 heteroatoms. The summed E-state index contributed by atoms with van der Waals surface area (Å²) in [5, 5.41) is 0. The zero-order valence-electron chi connectivity index (χ0n) is 53.5. The van der Waals surface area contributed by atoms with Crippen molar-refractivity contribution in [2.75, 3.05) is 13.2 Å². The molecule has 0 fully saturated rings. The Hall–Kier alpha value is -3.67. The van der Waals surface area contributed by atoms with E-state index < -0.39 is 6.10 Å². The summed E-state index contributed by atoms with van der Waals surface area (Å²) in [6.07, 6.45) is 93.2. The Morgan fingerprint density at radius 2 is 0.481 bits per heavy atom. The van der Waals surface area contributed by atoms with Crippen molar-refractivity contribution >= 4 is 17.9 Å². The molecule has 0 aromatic carbocycles. The minimum absolute atomic E-state index is 0.0736. The molecule has 0 N–H and O–H groups in total. The summed E-state index contributed by atoms with van der Waals surface area (Å²) in [6.45, 7) is 6.52. The van der Waals surface area contributed by atoms with Crippen LogP contribution in [0.1, 0.15) is 342 Å². The first kappa shape index (κ1) is 77.3. The molecule has 81 heavy (non-hydrogen) atoms. The van der Waals surface area contributed by atoms with E-state index in [1.54, 1.807) is 0 Å². The Bertz CT molecular complexity index is 1580. The zero-order valence-corrected chi connectivity index (χ0v) is 53.5. The van der Waals surface area contributed by atoms with Gasteiger partial charge >= 0.3 is 17.9 Å². The normalized spacial score (nSPS) is 12.7. The van der Waals surface area contributed by atoms with Crippen LogP contribution in [0.2, 0.25) is 0 Å². The van der Waals surface area contributed by atoms with E-state index in [2.05, 4.69) is 118 Å². The van der Waals surface area contributed by atoms with Crippen molar-refractivity contribution in [3.63, 3.8) is 0 Å². The number of hydrogen-bond acceptors (Lipinski definition) is 6. The van der Waals surface area contributed by atoms with Crippen molar-refractivity contribution in [1.82, 2.24) is 0 Å². The summed E-state index contributed by atoms with van der Waals surface area (Å²) in [5.74, 6) is -0.869. The lowest BCUT2D eigenvalue weighted by Crippen LogP contribution is -2.30. The van der Waals surface area contributed by atoms with Crippen LogP contribution in [-0.4, -0.2) is 37.2 Å². The molecule has 1 atom stereocenters. The predicted molar refractivity (Wildman–Crippen MR) is 353 cm³/mol. The molecule has 0 aromatic rings. The van der Waals surface area contributed by atoms with Crippen molar-refractivity contribution in [3.8, 4) is 0 Å². The van der Waals surface area contributed by atoms with E-state index in [0.717, 1.165) is 109 Å². The molecule has 0 heterocycles. The van der Waals surface area contributed by atoms with E-state index in [0.29, 0.717) is 19.3 Å². The second kappa shape index (κ2) is 68.8. The molecule has 0 aliphatic rings. The van der Waals surface area contributed by atoms with Crippen LogP contribution in [0.3, 0.4) is 0 Å². The van der Waals surface area contributed by atoms with Crippen LogP contribution < -0.4 is 0 Å². The average Bonchev–Trinajstić information content (AvgIpc) is 3.47. The zero-order chi connectivity index (χ0) is 58.5. The van der Waals surface area contributed by atoms with Gasteiger partial charge in [0.1, 0.15) is 13.2 Å². The number of rotatable bonds is 63. The maximum atomic E-state index is 12.9. The first-order valence-corrected chi connectivity index (χ1v) is 34.7. The van der Waals surface area contributed by atoms with Gasteiger partial charge in [-0.05, 0) is 83.5 Å². The Morgan fingerprint density at radius 1 is 0.259 bits per heavy atom. The van der Waals surface area contributed by atoms with Crippen LogP contribution in [0, 0.1) is 0 Å². The number of carbonyl (C=O) groups excluding carboxylic acids is 3. The van der Waals surface area contributed by atoms with E-state index in [9.17, 15) is 14.4 Å². The molecule has 0 saturated heterocycles. The van der Waals surface area contributed by atoms with Crippen molar-refractivity contribution < 1.29 is 28.6 Å². The number of ether oxygens (including phenoxy) is 3. The van der Waals surface area contributed by atoms with Crippen molar-refractivity contribution in [2.45, 2.75) is 348 Å². The molecule has 0 radical (unpaired) electrons. The van der Waals surface area contributed by atoms with E-state index in [-0.39, 0.29) is 31.1 Å². The van der Waals surface area contributed by atoms with Crippen LogP contribution in [0.25, 0.3) is 0 Å². The molecule has 6 nitrogen and oxygen atoms in total. The summed E-state index contributed by atoms with van der Waals surface area (Å²) in [7, 11) is 0. The van der Waals surface area contributed by atoms with Gasteiger partial charge in [0, 0.05) is 19.3 Å². The third kappa shape index (κ3) is 67.0. The fourth-order valence-electron chi connectivity index (χ4n) is 9.93. The minimum atomic E-state index is -0.774. The van der Waals surface area contributed by atoms with Gasteiger partial charge in [-0.3, -0.25) is 14.4 Å². The highest BCUT2D eigenvalue weighted by molar-refractivity contribution is 5.71. The van der Waals surface area contributed by atoms with Crippen molar-refractivity contribution in [2.24, 2.45) is 0 Å². The van der Waals surface area contributed by atoms with Crippen molar-refractivity contribution in [1.29, 1.82) is 0 Å². The SMILES string of the molecule is CC/C=C\C/C=C\C/C=C\C/C=C\C/C=C\C/C=C\C/C=C\C/C=C\CCCCCCCCCCCCC(=O)OCC(COC(=O)CCCCCCCCC)OC(=O)CCCCCCCCCCCCCCCCCCCCCCC. The van der Waals surface area contributed by atoms with Gasteiger partial charge in [0.15, 0.2) is 6.10 Å². The average molecular weight is 1130 g/mol. The molecule has 0 bridgehead atoms. The highest BCUT2D eigenvalue weighted by Crippen LogP contribution is 2.17. The minimum Gasteiger partial charge on any atom is -0.462 e. The van der Waals surface area contributed by atoms with Gasteiger partial charge < -0.3 is 14.2 Å². The summed E-state index contributed by atoms with van der Waals surface area (Å²) in [6, 6.07) is 0. The number of unbranched alkanes of at least 4 members (excludes halogenated alkanes) is 36. The molecule has 0 spiro atoms. The Kier molecular flexibility index (Phi) is 65.7. The molecule has 0 amide bonds. The van der Waals surface area contributed by atoms with Crippen LogP contribution in [0.4, 0.5) is 0 Å². The first-order chi connectivity index (χ1) is 40.0. The molecule has 0 saturated carbocycles. The summed E-state index contributed by atoms with van der Waals surface area (Å²) in [5.41, 5.74) is 0. The maximum Gasteiger partial charge on any atom is 0.306 e. The lowest BCUT2D eigenvalue weighted by Gasteiger charge is -2.18. The van der Waals surface area contributed by atoms with E-state index in [1.807, 2.05) is 0 Å². The van der Waals surface area contributed by atoms with Gasteiger partial charge in [-0.2, -0.15) is 0 Å². The summed E-state index contributed by atoms with van der Waals surface area (Å²) in [4.78, 5) is 38.1. The fourth-order valence-corrected chi connectivity index (χ4v) is 9.93. The third-order valence-electron chi connectivity index (χ3n) is 15.1. The molecular formula is C75H130O6. The van der Waals surface area contributed by atoms with E-state index in [1.165, 1.54) is 193 Å².